The quantitative estimate of drug-likeness (QED) is 0.556. The van der Waals surface area contributed by atoms with E-state index in [9.17, 15) is 22.4 Å². The maximum absolute atomic E-state index is 13.4. The summed E-state index contributed by atoms with van der Waals surface area (Å²) in [4.78, 5) is 27.8. The number of hydrogen-bond donors (Lipinski definition) is 1. The van der Waals surface area contributed by atoms with Crippen LogP contribution in [0.3, 0.4) is 0 Å². The molecule has 1 atom stereocenters. The van der Waals surface area contributed by atoms with E-state index in [1.54, 1.807) is 6.92 Å². The molecule has 1 N–H and O–H groups in total. The Labute approximate surface area is 201 Å². The summed E-state index contributed by atoms with van der Waals surface area (Å²) < 4.78 is 39.3. The molecule has 1 aliphatic rings. The number of hydrogen-bond acceptors (Lipinski definition) is 4. The lowest BCUT2D eigenvalue weighted by molar-refractivity contribution is -0.139. The van der Waals surface area contributed by atoms with Gasteiger partial charge in [-0.05, 0) is 56.0 Å². The molecular formula is C25H32FN3O4S. The first-order valence-corrected chi connectivity index (χ1v) is 13.4. The van der Waals surface area contributed by atoms with Crippen molar-refractivity contribution in [2.75, 3.05) is 23.7 Å². The van der Waals surface area contributed by atoms with E-state index < -0.39 is 34.3 Å². The van der Waals surface area contributed by atoms with Gasteiger partial charge < -0.3 is 10.2 Å². The Balaban J connectivity index is 1.81. The molecule has 0 bridgehead atoms. The molecule has 0 unspecified atom stereocenters. The summed E-state index contributed by atoms with van der Waals surface area (Å²) in [7, 11) is -3.83. The lowest BCUT2D eigenvalue weighted by Gasteiger charge is -2.32. The molecule has 0 saturated heterocycles. The highest BCUT2D eigenvalue weighted by Crippen LogP contribution is 2.20. The number of amides is 2. The summed E-state index contributed by atoms with van der Waals surface area (Å²) in [6, 6.07) is 13.8. The third kappa shape index (κ3) is 7.03. The van der Waals surface area contributed by atoms with Crippen molar-refractivity contribution >= 4 is 27.5 Å². The average Bonchev–Trinajstić information content (AvgIpc) is 3.31. The van der Waals surface area contributed by atoms with E-state index in [2.05, 4.69) is 5.32 Å². The van der Waals surface area contributed by atoms with Gasteiger partial charge in [0.25, 0.3) is 0 Å². The molecule has 0 spiro atoms. The van der Waals surface area contributed by atoms with E-state index in [1.807, 2.05) is 30.3 Å². The van der Waals surface area contributed by atoms with Crippen LogP contribution in [0.15, 0.2) is 54.6 Å². The first-order chi connectivity index (χ1) is 16.1. The first kappa shape index (κ1) is 25.7. The van der Waals surface area contributed by atoms with E-state index in [0.717, 1.165) is 53.9 Å². The van der Waals surface area contributed by atoms with Crippen LogP contribution in [0.5, 0.6) is 0 Å². The van der Waals surface area contributed by atoms with E-state index in [0.29, 0.717) is 6.42 Å². The van der Waals surface area contributed by atoms with Crippen molar-refractivity contribution < 1.29 is 22.4 Å². The Kier molecular flexibility index (Phi) is 8.66. The van der Waals surface area contributed by atoms with Gasteiger partial charge in [0.05, 0.1) is 11.9 Å². The number of nitrogens with zero attached hydrogens (tertiary/aromatic N) is 2. The second kappa shape index (κ2) is 11.5. The van der Waals surface area contributed by atoms with Crippen molar-refractivity contribution in [2.24, 2.45) is 0 Å². The van der Waals surface area contributed by atoms with Crippen molar-refractivity contribution in [1.82, 2.24) is 10.2 Å². The Morgan fingerprint density at radius 1 is 1.06 bits per heavy atom. The second-order valence-electron chi connectivity index (χ2n) is 8.73. The van der Waals surface area contributed by atoms with Gasteiger partial charge in [0.15, 0.2) is 0 Å². The Morgan fingerprint density at radius 3 is 2.26 bits per heavy atom. The van der Waals surface area contributed by atoms with Crippen molar-refractivity contribution in [3.8, 4) is 0 Å². The molecule has 7 nitrogen and oxygen atoms in total. The van der Waals surface area contributed by atoms with Gasteiger partial charge in [-0.15, -0.1) is 0 Å². The van der Waals surface area contributed by atoms with Gasteiger partial charge in [0, 0.05) is 12.6 Å². The minimum absolute atomic E-state index is 0.104. The number of halogens is 1. The van der Waals surface area contributed by atoms with Crippen LogP contribution in [0.4, 0.5) is 10.1 Å². The number of benzene rings is 2. The molecule has 0 aliphatic heterocycles. The predicted octanol–water partition coefficient (Wildman–Crippen LogP) is 3.11. The van der Waals surface area contributed by atoms with Crippen molar-refractivity contribution in [3.05, 3.63) is 66.0 Å². The minimum Gasteiger partial charge on any atom is -0.352 e. The highest BCUT2D eigenvalue weighted by molar-refractivity contribution is 7.92. The lowest BCUT2D eigenvalue weighted by Crippen LogP contribution is -2.53. The molecule has 2 aromatic carbocycles. The Bertz CT molecular complexity index is 1070. The molecule has 3 rings (SSSR count). The average molecular weight is 490 g/mol. The fourth-order valence-corrected chi connectivity index (χ4v) is 5.03. The molecule has 1 saturated carbocycles. The number of nitrogens with one attached hydrogen (secondary N) is 1. The number of carbonyl (C=O) groups excluding carboxylic acids is 2. The molecular weight excluding hydrogens is 457 g/mol. The molecule has 0 heterocycles. The lowest BCUT2D eigenvalue weighted by atomic mass is 10.1. The van der Waals surface area contributed by atoms with Crippen LogP contribution in [-0.4, -0.2) is 56.6 Å². The van der Waals surface area contributed by atoms with Crippen LogP contribution in [0, 0.1) is 5.82 Å². The van der Waals surface area contributed by atoms with Gasteiger partial charge in [0.2, 0.25) is 21.8 Å². The maximum atomic E-state index is 13.4. The van der Waals surface area contributed by atoms with Crippen LogP contribution in [0.25, 0.3) is 0 Å². The zero-order valence-electron chi connectivity index (χ0n) is 19.6. The van der Waals surface area contributed by atoms with Crippen LogP contribution in [0.2, 0.25) is 0 Å². The van der Waals surface area contributed by atoms with Gasteiger partial charge >= 0.3 is 0 Å². The zero-order valence-corrected chi connectivity index (χ0v) is 20.4. The monoisotopic (exact) mass is 489 g/mol. The van der Waals surface area contributed by atoms with Crippen LogP contribution >= 0.6 is 0 Å². The van der Waals surface area contributed by atoms with Gasteiger partial charge in [0.1, 0.15) is 18.4 Å². The van der Waals surface area contributed by atoms with E-state index in [-0.39, 0.29) is 24.2 Å². The molecule has 34 heavy (non-hydrogen) atoms. The maximum Gasteiger partial charge on any atom is 0.244 e. The Hall–Kier alpha value is -2.94. The van der Waals surface area contributed by atoms with Crippen molar-refractivity contribution in [3.63, 3.8) is 0 Å². The molecule has 0 aromatic heterocycles. The number of rotatable bonds is 10. The molecule has 184 valence electrons. The summed E-state index contributed by atoms with van der Waals surface area (Å²) in [5, 5.41) is 3.03. The first-order valence-electron chi connectivity index (χ1n) is 11.5. The van der Waals surface area contributed by atoms with Crippen LogP contribution < -0.4 is 9.62 Å². The molecule has 9 heteroatoms. The number of anilines is 1. The van der Waals surface area contributed by atoms with E-state index >= 15 is 0 Å². The molecule has 1 aliphatic carbocycles. The highest BCUT2D eigenvalue weighted by atomic mass is 32.2. The summed E-state index contributed by atoms with van der Waals surface area (Å²) in [6.07, 6.45) is 5.48. The van der Waals surface area contributed by atoms with Gasteiger partial charge in [-0.1, -0.05) is 43.2 Å². The standard InChI is InChI=1S/C25H32FN3O4S/c1-19(25(31)27-22-10-6-7-11-22)28(17-16-20-8-4-3-5-9-20)24(30)18-29(34(2,32)33)23-14-12-21(26)13-15-23/h3-5,8-9,12-15,19,22H,6-7,10-11,16-18H2,1-2H3,(H,27,31)/t19-/m1/s1. The Morgan fingerprint density at radius 2 is 1.68 bits per heavy atom. The summed E-state index contributed by atoms with van der Waals surface area (Å²) in [6.45, 7) is 1.43. The van der Waals surface area contributed by atoms with Gasteiger partial charge in [-0.2, -0.15) is 0 Å². The van der Waals surface area contributed by atoms with Gasteiger partial charge in [-0.25, -0.2) is 12.8 Å². The third-order valence-electron chi connectivity index (χ3n) is 6.15. The number of sulfonamides is 1. The fraction of sp³-hybridized carbons (Fsp3) is 0.440. The minimum atomic E-state index is -3.83. The molecule has 2 amide bonds. The van der Waals surface area contributed by atoms with E-state index in [1.165, 1.54) is 17.0 Å². The number of carbonyl (C=O) groups is 2. The largest absolute Gasteiger partial charge is 0.352 e. The highest BCUT2D eigenvalue weighted by Gasteiger charge is 2.31. The van der Waals surface area contributed by atoms with Crippen molar-refractivity contribution in [2.45, 2.75) is 51.1 Å². The van der Waals surface area contributed by atoms with Gasteiger partial charge in [-0.3, -0.25) is 13.9 Å². The van der Waals surface area contributed by atoms with Crippen LogP contribution in [0.1, 0.15) is 38.2 Å². The summed E-state index contributed by atoms with van der Waals surface area (Å²) >= 11 is 0. The zero-order chi connectivity index (χ0) is 24.7. The summed E-state index contributed by atoms with van der Waals surface area (Å²) in [5.41, 5.74) is 1.19. The van der Waals surface area contributed by atoms with E-state index in [4.69, 9.17) is 0 Å². The fourth-order valence-electron chi connectivity index (χ4n) is 4.18. The third-order valence-corrected chi connectivity index (χ3v) is 7.29. The summed E-state index contributed by atoms with van der Waals surface area (Å²) in [5.74, 6) is -1.26. The molecule has 2 aromatic rings. The predicted molar refractivity (Wildman–Crippen MR) is 130 cm³/mol. The second-order valence-corrected chi connectivity index (χ2v) is 10.6. The normalized spacial score (nSPS) is 15.0. The van der Waals surface area contributed by atoms with Crippen LogP contribution in [-0.2, 0) is 26.0 Å². The molecule has 0 radical (unpaired) electrons. The topological polar surface area (TPSA) is 86.8 Å². The SMILES string of the molecule is C[C@H](C(=O)NC1CCCC1)N(CCc1ccccc1)C(=O)CN(c1ccc(F)cc1)S(C)(=O)=O. The molecule has 1 fully saturated rings. The van der Waals surface area contributed by atoms with Crippen molar-refractivity contribution in [1.29, 1.82) is 0 Å². The smallest absolute Gasteiger partial charge is 0.244 e.